The van der Waals surface area contributed by atoms with Crippen molar-refractivity contribution >= 4 is 34.8 Å². The van der Waals surface area contributed by atoms with Crippen LogP contribution in [0.25, 0.3) is 10.9 Å². The summed E-state index contributed by atoms with van der Waals surface area (Å²) in [5.41, 5.74) is 3.25. The lowest BCUT2D eigenvalue weighted by molar-refractivity contribution is 0.0911. The molecule has 0 saturated carbocycles. The Morgan fingerprint density at radius 1 is 1.27 bits per heavy atom. The number of Topliss-reactive ketones (excluding diaryl/α,β-unsaturated/α-hetero) is 1. The van der Waals surface area contributed by atoms with Crippen LogP contribution in [0, 0.1) is 5.41 Å². The second kappa shape index (κ2) is 6.23. The fourth-order valence-electron chi connectivity index (χ4n) is 3.09. The Labute approximate surface area is 136 Å². The van der Waals surface area contributed by atoms with Crippen LogP contribution in [0.1, 0.15) is 36.3 Å². The molecule has 0 unspecified atom stereocenters. The predicted octanol–water partition coefficient (Wildman–Crippen LogP) is 3.22. The smallest absolute Gasteiger partial charge is 0.167 e. The lowest BCUT2D eigenvalue weighted by Crippen LogP contribution is -2.29. The summed E-state index contributed by atoms with van der Waals surface area (Å²) < 4.78 is 0. The van der Waals surface area contributed by atoms with E-state index in [9.17, 15) is 4.79 Å². The van der Waals surface area contributed by atoms with Crippen LogP contribution < -0.4 is 5.32 Å². The van der Waals surface area contributed by atoms with E-state index < -0.39 is 0 Å². The zero-order valence-corrected chi connectivity index (χ0v) is 13.7. The van der Waals surface area contributed by atoms with E-state index in [1.54, 1.807) is 0 Å². The summed E-state index contributed by atoms with van der Waals surface area (Å²) in [6.45, 7) is 4.67. The number of fused-ring (bicyclic) bond motifs is 2. The van der Waals surface area contributed by atoms with Crippen LogP contribution in [0.15, 0.2) is 24.3 Å². The van der Waals surface area contributed by atoms with E-state index in [0.717, 1.165) is 28.7 Å². The fraction of sp³-hybridized carbons (Fsp3) is 0.412. The molecule has 0 saturated heterocycles. The zero-order chi connectivity index (χ0) is 15.0. The van der Waals surface area contributed by atoms with E-state index in [4.69, 9.17) is 10.1 Å². The molecule has 0 amide bonds. The molecule has 0 bridgehead atoms. The molecule has 1 aliphatic rings. The van der Waals surface area contributed by atoms with Crippen LogP contribution in [-0.2, 0) is 6.42 Å². The number of nitrogens with zero attached hydrogens (tertiary/aromatic N) is 1. The van der Waals surface area contributed by atoms with Gasteiger partial charge in [-0.15, -0.1) is 12.4 Å². The summed E-state index contributed by atoms with van der Waals surface area (Å²) in [5, 5.41) is 13.2. The molecule has 1 aromatic carbocycles. The molecule has 0 atom stereocenters. The lowest BCUT2D eigenvalue weighted by atomic mass is 9.75. The fourth-order valence-corrected chi connectivity index (χ4v) is 3.09. The van der Waals surface area contributed by atoms with Crippen LogP contribution in [0.2, 0.25) is 0 Å². The number of para-hydroxylation sites is 1. The average Bonchev–Trinajstić information content (AvgIpc) is 2.42. The highest BCUT2D eigenvalue weighted by molar-refractivity contribution is 6.10. The van der Waals surface area contributed by atoms with Crippen molar-refractivity contribution in [3.05, 3.63) is 35.5 Å². The Morgan fingerprint density at radius 2 is 2.00 bits per heavy atom. The van der Waals surface area contributed by atoms with Crippen molar-refractivity contribution in [2.45, 2.75) is 26.7 Å². The number of halogens is 1. The first-order valence-corrected chi connectivity index (χ1v) is 7.31. The Morgan fingerprint density at radius 3 is 2.73 bits per heavy atom. The minimum atomic E-state index is -0.0478. The number of anilines is 1. The highest BCUT2D eigenvalue weighted by atomic mass is 35.5. The lowest BCUT2D eigenvalue weighted by Gasteiger charge is -2.31. The molecular weight excluding hydrogens is 300 g/mol. The molecule has 3 rings (SSSR count). The van der Waals surface area contributed by atoms with E-state index in [0.29, 0.717) is 18.5 Å². The monoisotopic (exact) mass is 320 g/mol. The van der Waals surface area contributed by atoms with Gasteiger partial charge in [0.05, 0.1) is 29.1 Å². The summed E-state index contributed by atoms with van der Waals surface area (Å²) >= 11 is 0. The summed E-state index contributed by atoms with van der Waals surface area (Å²) in [6.07, 6.45) is 1.33. The first kappa shape index (κ1) is 16.7. The zero-order valence-electron chi connectivity index (χ0n) is 12.8. The van der Waals surface area contributed by atoms with Crippen molar-refractivity contribution < 1.29 is 9.90 Å². The van der Waals surface area contributed by atoms with Gasteiger partial charge in [-0.2, -0.15) is 0 Å². The highest BCUT2D eigenvalue weighted by Crippen LogP contribution is 2.39. The Bertz CT molecular complexity index is 713. The van der Waals surface area contributed by atoms with E-state index in [-0.39, 0.29) is 30.2 Å². The van der Waals surface area contributed by atoms with E-state index in [2.05, 4.69) is 19.2 Å². The number of nitrogens with one attached hydrogen (secondary N) is 1. The van der Waals surface area contributed by atoms with E-state index in [1.807, 2.05) is 24.3 Å². The van der Waals surface area contributed by atoms with Crippen molar-refractivity contribution in [2.24, 2.45) is 5.41 Å². The number of rotatable bonds is 3. The predicted molar refractivity (Wildman–Crippen MR) is 91.0 cm³/mol. The van der Waals surface area contributed by atoms with Crippen molar-refractivity contribution in [2.75, 3.05) is 18.5 Å². The van der Waals surface area contributed by atoms with Gasteiger partial charge in [-0.3, -0.25) is 9.78 Å². The number of carbonyl (C=O) groups is 1. The standard InChI is InChI=1S/C17H20N2O2.ClH/c1-17(2)9-13-15(14(21)10-17)16(18-7-8-20)11-5-3-4-6-12(11)19-13;/h3-6,20H,7-10H2,1-2H3,(H,18,19);1H. The van der Waals surface area contributed by atoms with Crippen LogP contribution in [0.5, 0.6) is 0 Å². The summed E-state index contributed by atoms with van der Waals surface area (Å²) in [6, 6.07) is 7.83. The minimum absolute atomic E-state index is 0. The second-order valence-electron chi connectivity index (χ2n) is 6.42. The van der Waals surface area contributed by atoms with Crippen LogP contribution in [-0.4, -0.2) is 29.0 Å². The third kappa shape index (κ3) is 2.94. The van der Waals surface area contributed by atoms with E-state index in [1.165, 1.54) is 0 Å². The van der Waals surface area contributed by atoms with Crippen LogP contribution >= 0.6 is 12.4 Å². The number of benzene rings is 1. The first-order chi connectivity index (χ1) is 10.0. The van der Waals surface area contributed by atoms with Gasteiger partial charge < -0.3 is 10.4 Å². The largest absolute Gasteiger partial charge is 0.395 e. The van der Waals surface area contributed by atoms with Crippen molar-refractivity contribution in [1.29, 1.82) is 0 Å². The van der Waals surface area contributed by atoms with Gasteiger partial charge >= 0.3 is 0 Å². The number of carbonyl (C=O) groups excluding carboxylic acids is 1. The molecule has 0 aliphatic heterocycles. The Kier molecular flexibility index (Phi) is 4.73. The average molecular weight is 321 g/mol. The van der Waals surface area contributed by atoms with Gasteiger partial charge in [0.15, 0.2) is 5.78 Å². The Balaban J connectivity index is 0.00000176. The molecule has 2 N–H and O–H groups in total. The SMILES string of the molecule is CC1(C)CC(=O)c2c(nc3ccccc3c2NCCO)C1.Cl. The number of hydrogen-bond acceptors (Lipinski definition) is 4. The number of aliphatic hydroxyl groups is 1. The van der Waals surface area contributed by atoms with Crippen molar-refractivity contribution in [3.63, 3.8) is 0 Å². The van der Waals surface area contributed by atoms with Gasteiger partial charge in [0.25, 0.3) is 0 Å². The maximum atomic E-state index is 12.6. The maximum Gasteiger partial charge on any atom is 0.167 e. The normalized spacial score (nSPS) is 16.0. The molecule has 5 heteroatoms. The molecule has 0 fully saturated rings. The highest BCUT2D eigenvalue weighted by Gasteiger charge is 2.34. The summed E-state index contributed by atoms with van der Waals surface area (Å²) in [4.78, 5) is 17.3. The van der Waals surface area contributed by atoms with Crippen LogP contribution in [0.3, 0.4) is 0 Å². The number of aliphatic hydroxyl groups excluding tert-OH is 1. The molecule has 118 valence electrons. The molecule has 1 heterocycles. The third-order valence-electron chi connectivity index (χ3n) is 3.94. The molecule has 1 aliphatic carbocycles. The molecule has 1 aromatic heterocycles. The van der Waals surface area contributed by atoms with E-state index >= 15 is 0 Å². The van der Waals surface area contributed by atoms with Gasteiger partial charge in [-0.05, 0) is 17.9 Å². The first-order valence-electron chi connectivity index (χ1n) is 7.31. The van der Waals surface area contributed by atoms with Gasteiger partial charge in [0, 0.05) is 18.4 Å². The number of ketones is 1. The molecule has 0 radical (unpaired) electrons. The molecule has 4 nitrogen and oxygen atoms in total. The van der Waals surface area contributed by atoms with Gasteiger partial charge in [0.2, 0.25) is 0 Å². The minimum Gasteiger partial charge on any atom is -0.395 e. The summed E-state index contributed by atoms with van der Waals surface area (Å²) in [5.74, 6) is 0.139. The number of aromatic nitrogens is 1. The topological polar surface area (TPSA) is 62.2 Å². The van der Waals surface area contributed by atoms with Gasteiger partial charge in [-0.1, -0.05) is 32.0 Å². The van der Waals surface area contributed by atoms with Crippen molar-refractivity contribution in [3.8, 4) is 0 Å². The summed E-state index contributed by atoms with van der Waals surface area (Å²) in [7, 11) is 0. The maximum absolute atomic E-state index is 12.6. The van der Waals surface area contributed by atoms with Gasteiger partial charge in [0.1, 0.15) is 0 Å². The Hall–Kier alpha value is -1.65. The quantitative estimate of drug-likeness (QED) is 0.911. The number of hydrogen-bond donors (Lipinski definition) is 2. The molecule has 22 heavy (non-hydrogen) atoms. The molecule has 0 spiro atoms. The molecular formula is C17H21ClN2O2. The second-order valence-corrected chi connectivity index (χ2v) is 6.42. The third-order valence-corrected chi connectivity index (χ3v) is 3.94. The molecule has 2 aromatic rings. The van der Waals surface area contributed by atoms with Crippen LogP contribution in [0.4, 0.5) is 5.69 Å². The number of pyridine rings is 1. The van der Waals surface area contributed by atoms with Crippen molar-refractivity contribution in [1.82, 2.24) is 4.98 Å². The van der Waals surface area contributed by atoms with Gasteiger partial charge in [-0.25, -0.2) is 0 Å².